The molecule has 0 spiro atoms. The molecule has 2 aromatic carbocycles. The molecule has 0 saturated heterocycles. The minimum atomic E-state index is -3.80. The van der Waals surface area contributed by atoms with Crippen molar-refractivity contribution >= 4 is 39.1 Å². The van der Waals surface area contributed by atoms with Gasteiger partial charge in [0, 0.05) is 18.1 Å². The van der Waals surface area contributed by atoms with Gasteiger partial charge in [-0.2, -0.15) is 0 Å². The first-order chi connectivity index (χ1) is 16.4. The molecule has 9 heteroatoms. The summed E-state index contributed by atoms with van der Waals surface area (Å²) in [4.78, 5) is 28.2. The zero-order chi connectivity index (χ0) is 26.2. The smallest absolute Gasteiger partial charge is 0.244 e. The highest BCUT2D eigenvalue weighted by Gasteiger charge is 2.31. The van der Waals surface area contributed by atoms with E-state index in [1.807, 2.05) is 51.1 Å². The molecular formula is C26H36ClN3O4S. The van der Waals surface area contributed by atoms with Gasteiger partial charge in [-0.25, -0.2) is 8.42 Å². The van der Waals surface area contributed by atoms with Crippen molar-refractivity contribution in [2.45, 2.75) is 46.6 Å². The third-order valence-corrected chi connectivity index (χ3v) is 7.04. The molecule has 7 nitrogen and oxygen atoms in total. The van der Waals surface area contributed by atoms with E-state index in [-0.39, 0.29) is 18.4 Å². The molecule has 2 aromatic rings. The van der Waals surface area contributed by atoms with Crippen molar-refractivity contribution in [3.63, 3.8) is 0 Å². The number of carbonyl (C=O) groups excluding carboxylic acids is 2. The largest absolute Gasteiger partial charge is 0.354 e. The van der Waals surface area contributed by atoms with Crippen molar-refractivity contribution < 1.29 is 18.0 Å². The predicted octanol–water partition coefficient (Wildman–Crippen LogP) is 4.04. The van der Waals surface area contributed by atoms with Crippen molar-refractivity contribution in [1.29, 1.82) is 0 Å². The van der Waals surface area contributed by atoms with E-state index in [9.17, 15) is 18.0 Å². The van der Waals surface area contributed by atoms with Crippen LogP contribution in [0.1, 0.15) is 38.3 Å². The molecule has 192 valence electrons. The summed E-state index contributed by atoms with van der Waals surface area (Å²) in [7, 11) is -3.80. The first-order valence-corrected chi connectivity index (χ1v) is 14.0. The lowest BCUT2D eigenvalue weighted by Gasteiger charge is -2.33. The van der Waals surface area contributed by atoms with Crippen LogP contribution in [-0.2, 0) is 26.0 Å². The van der Waals surface area contributed by atoms with E-state index < -0.39 is 28.5 Å². The van der Waals surface area contributed by atoms with E-state index >= 15 is 0 Å². The molecule has 0 aliphatic carbocycles. The molecule has 0 unspecified atom stereocenters. The van der Waals surface area contributed by atoms with Crippen LogP contribution in [0.4, 0.5) is 5.69 Å². The fourth-order valence-corrected chi connectivity index (χ4v) is 4.83. The molecule has 0 aromatic heterocycles. The highest BCUT2D eigenvalue weighted by molar-refractivity contribution is 7.92. The summed E-state index contributed by atoms with van der Waals surface area (Å²) in [5, 5.41) is 3.28. The van der Waals surface area contributed by atoms with Gasteiger partial charge in [-0.15, -0.1) is 0 Å². The number of halogens is 1. The topological polar surface area (TPSA) is 86.8 Å². The molecule has 1 N–H and O–H groups in total. The Labute approximate surface area is 214 Å². The summed E-state index contributed by atoms with van der Waals surface area (Å²) in [6.07, 6.45) is 2.00. The monoisotopic (exact) mass is 521 g/mol. The molecular weight excluding hydrogens is 486 g/mol. The van der Waals surface area contributed by atoms with E-state index in [0.717, 1.165) is 16.1 Å². The van der Waals surface area contributed by atoms with Gasteiger partial charge in [0.25, 0.3) is 0 Å². The van der Waals surface area contributed by atoms with Crippen LogP contribution in [-0.4, -0.2) is 57.1 Å². The summed E-state index contributed by atoms with van der Waals surface area (Å²) >= 11 is 6.13. The number of benzene rings is 2. The lowest BCUT2D eigenvalue weighted by molar-refractivity contribution is -0.139. The number of hydrogen-bond donors (Lipinski definition) is 1. The molecule has 2 amide bonds. The average molecular weight is 522 g/mol. The fraction of sp³-hybridized carbons (Fsp3) is 0.462. The molecule has 0 radical (unpaired) electrons. The number of carbonyl (C=O) groups is 2. The first-order valence-electron chi connectivity index (χ1n) is 11.8. The summed E-state index contributed by atoms with van der Waals surface area (Å²) in [5.74, 6) is -0.429. The number of anilines is 1. The van der Waals surface area contributed by atoms with E-state index in [1.54, 1.807) is 19.1 Å². The molecule has 2 rings (SSSR count). The van der Waals surface area contributed by atoms with Gasteiger partial charge < -0.3 is 10.2 Å². The first kappa shape index (κ1) is 28.7. The maximum atomic E-state index is 13.6. The summed E-state index contributed by atoms with van der Waals surface area (Å²) in [5.41, 5.74) is 2.03. The predicted molar refractivity (Wildman–Crippen MR) is 142 cm³/mol. The van der Waals surface area contributed by atoms with E-state index in [4.69, 9.17) is 11.6 Å². The molecule has 0 aliphatic heterocycles. The van der Waals surface area contributed by atoms with Gasteiger partial charge in [0.05, 0.1) is 11.9 Å². The second-order valence-corrected chi connectivity index (χ2v) is 11.4. The van der Waals surface area contributed by atoms with E-state index in [2.05, 4.69) is 5.32 Å². The van der Waals surface area contributed by atoms with E-state index in [1.165, 1.54) is 11.0 Å². The lowest BCUT2D eigenvalue weighted by atomic mass is 10.1. The second-order valence-electron chi connectivity index (χ2n) is 9.09. The van der Waals surface area contributed by atoms with Crippen molar-refractivity contribution in [3.05, 3.63) is 64.7 Å². The van der Waals surface area contributed by atoms with Crippen molar-refractivity contribution in [2.75, 3.05) is 30.2 Å². The van der Waals surface area contributed by atoms with Gasteiger partial charge in [-0.05, 0) is 48.9 Å². The minimum Gasteiger partial charge on any atom is -0.354 e. The Morgan fingerprint density at radius 3 is 2.31 bits per heavy atom. The molecule has 1 atom stereocenters. The van der Waals surface area contributed by atoms with E-state index in [0.29, 0.717) is 35.7 Å². The zero-order valence-electron chi connectivity index (χ0n) is 21.1. The highest BCUT2D eigenvalue weighted by atomic mass is 35.5. The summed E-state index contributed by atoms with van der Waals surface area (Å²) < 4.78 is 26.5. The van der Waals surface area contributed by atoms with Gasteiger partial charge in [0.15, 0.2) is 0 Å². The quantitative estimate of drug-likeness (QED) is 0.456. The minimum absolute atomic E-state index is 0.243. The van der Waals surface area contributed by atoms with Gasteiger partial charge in [0.1, 0.15) is 12.6 Å². The van der Waals surface area contributed by atoms with Crippen molar-refractivity contribution in [1.82, 2.24) is 10.2 Å². The third-order valence-electron chi connectivity index (χ3n) is 5.67. The molecule has 0 fully saturated rings. The highest BCUT2D eigenvalue weighted by Crippen LogP contribution is 2.26. The van der Waals surface area contributed by atoms with Crippen LogP contribution in [0, 0.1) is 12.8 Å². The summed E-state index contributed by atoms with van der Waals surface area (Å²) in [6, 6.07) is 13.9. The number of nitrogens with one attached hydrogen (secondary N) is 1. The van der Waals surface area contributed by atoms with Crippen LogP contribution in [0.2, 0.25) is 5.02 Å². The van der Waals surface area contributed by atoms with Crippen LogP contribution in [0.25, 0.3) is 0 Å². The second kappa shape index (κ2) is 12.9. The van der Waals surface area contributed by atoms with Crippen LogP contribution in [0.3, 0.4) is 0 Å². The van der Waals surface area contributed by atoms with Gasteiger partial charge in [-0.3, -0.25) is 13.9 Å². The Kier molecular flexibility index (Phi) is 10.6. The summed E-state index contributed by atoms with van der Waals surface area (Å²) in [6.45, 7) is 7.94. The zero-order valence-corrected chi connectivity index (χ0v) is 22.7. The molecule has 0 aliphatic rings. The van der Waals surface area contributed by atoms with Crippen LogP contribution < -0.4 is 9.62 Å². The Morgan fingerprint density at radius 2 is 1.74 bits per heavy atom. The molecule has 0 bridgehead atoms. The van der Waals surface area contributed by atoms with Crippen molar-refractivity contribution in [3.8, 4) is 0 Å². The molecule has 0 saturated carbocycles. The SMILES string of the molecule is CC[C@H](C(=O)NCC(C)C)N(CCc1ccccc1)C(=O)CN(c1cc(Cl)ccc1C)S(C)(=O)=O. The Morgan fingerprint density at radius 1 is 1.09 bits per heavy atom. The Balaban J connectivity index is 2.38. The number of amides is 2. The third kappa shape index (κ3) is 8.54. The number of hydrogen-bond acceptors (Lipinski definition) is 4. The van der Waals surface area contributed by atoms with Gasteiger partial charge in [-0.1, -0.05) is 68.8 Å². The van der Waals surface area contributed by atoms with Gasteiger partial charge in [0.2, 0.25) is 21.8 Å². The van der Waals surface area contributed by atoms with Crippen LogP contribution >= 0.6 is 11.6 Å². The Hall–Kier alpha value is -2.58. The average Bonchev–Trinajstić information content (AvgIpc) is 2.80. The van der Waals surface area contributed by atoms with Crippen molar-refractivity contribution in [2.24, 2.45) is 5.92 Å². The fourth-order valence-electron chi connectivity index (χ4n) is 3.76. The van der Waals surface area contributed by atoms with Crippen LogP contribution in [0.5, 0.6) is 0 Å². The maximum Gasteiger partial charge on any atom is 0.244 e. The number of rotatable bonds is 12. The lowest BCUT2D eigenvalue weighted by Crippen LogP contribution is -2.53. The maximum absolute atomic E-state index is 13.6. The number of sulfonamides is 1. The Bertz CT molecular complexity index is 1110. The normalized spacial score (nSPS) is 12.3. The standard InChI is InChI=1S/C26H36ClN3O4S/c1-6-23(26(32)28-17-19(2)3)29(15-14-21-10-8-7-9-11-21)25(31)18-30(35(5,33)34)24-16-22(27)13-12-20(24)4/h7-13,16,19,23H,6,14-15,17-18H2,1-5H3,(H,28,32)/t23-/m1/s1. The van der Waals surface area contributed by atoms with Gasteiger partial charge >= 0.3 is 0 Å². The van der Waals surface area contributed by atoms with Crippen LogP contribution in [0.15, 0.2) is 48.5 Å². The molecule has 0 heterocycles. The number of nitrogens with zero attached hydrogens (tertiary/aromatic N) is 2. The number of aryl methyl sites for hydroxylation is 1. The molecule has 35 heavy (non-hydrogen) atoms.